The third-order valence-electron chi connectivity index (χ3n) is 3.18. The molecule has 1 aliphatic heterocycles. The molecule has 0 radical (unpaired) electrons. The predicted molar refractivity (Wildman–Crippen MR) is 64.0 cm³/mol. The van der Waals surface area contributed by atoms with Gasteiger partial charge in [-0.05, 0) is 25.9 Å². The van der Waals surface area contributed by atoms with Crippen molar-refractivity contribution in [2.75, 3.05) is 20.1 Å². The minimum atomic E-state index is -3.45. The van der Waals surface area contributed by atoms with Crippen molar-refractivity contribution in [1.29, 1.82) is 0 Å². The van der Waals surface area contributed by atoms with Gasteiger partial charge in [-0.25, -0.2) is 18.1 Å². The van der Waals surface area contributed by atoms with Crippen LogP contribution in [0.15, 0.2) is 17.6 Å². The zero-order valence-electron chi connectivity index (χ0n) is 10.0. The van der Waals surface area contributed by atoms with Crippen molar-refractivity contribution >= 4 is 10.0 Å². The van der Waals surface area contributed by atoms with E-state index in [9.17, 15) is 8.42 Å². The molecule has 2 unspecified atom stereocenters. The Bertz CT molecular complexity index is 457. The summed E-state index contributed by atoms with van der Waals surface area (Å²) in [4.78, 5) is 8.56. The molecule has 1 aromatic heterocycles. The van der Waals surface area contributed by atoms with Gasteiger partial charge in [-0.3, -0.25) is 0 Å². The molecule has 7 heteroatoms. The maximum absolute atomic E-state index is 12.0. The zero-order valence-corrected chi connectivity index (χ0v) is 10.9. The Morgan fingerprint density at radius 3 is 2.94 bits per heavy atom. The topological polar surface area (TPSA) is 78.1 Å². The summed E-state index contributed by atoms with van der Waals surface area (Å²) in [7, 11) is -1.40. The van der Waals surface area contributed by atoms with E-state index in [1.165, 1.54) is 12.5 Å². The van der Waals surface area contributed by atoms with E-state index in [0.717, 1.165) is 19.5 Å². The highest BCUT2D eigenvalue weighted by atomic mass is 32.2. The van der Waals surface area contributed by atoms with Gasteiger partial charge in [-0.2, -0.15) is 0 Å². The molecule has 1 fully saturated rings. The molecule has 2 heterocycles. The number of H-pyrrole nitrogens is 1. The van der Waals surface area contributed by atoms with E-state index < -0.39 is 10.0 Å². The molecule has 0 spiro atoms. The smallest absolute Gasteiger partial charge is 0.257 e. The van der Waals surface area contributed by atoms with Gasteiger partial charge in [0.25, 0.3) is 10.0 Å². The normalized spacial score (nSPS) is 27.2. The summed E-state index contributed by atoms with van der Waals surface area (Å²) in [6.07, 6.45) is 3.53. The van der Waals surface area contributed by atoms with Crippen molar-refractivity contribution in [1.82, 2.24) is 19.6 Å². The second kappa shape index (κ2) is 4.75. The monoisotopic (exact) mass is 258 g/mol. The number of nitrogens with zero attached hydrogens (tertiary/aromatic N) is 2. The number of aromatic amines is 1. The fraction of sp³-hybridized carbons (Fsp3) is 0.700. The number of aromatic nitrogens is 2. The van der Waals surface area contributed by atoms with Crippen LogP contribution in [0.25, 0.3) is 0 Å². The van der Waals surface area contributed by atoms with Crippen LogP contribution in [-0.2, 0) is 10.0 Å². The summed E-state index contributed by atoms with van der Waals surface area (Å²) in [5.41, 5.74) is 0. The highest BCUT2D eigenvalue weighted by molar-refractivity contribution is 7.89. The average Bonchev–Trinajstić information content (AvgIpc) is 2.76. The van der Waals surface area contributed by atoms with E-state index in [1.54, 1.807) is 0 Å². The molecule has 0 aromatic carbocycles. The Labute approximate surface area is 101 Å². The Kier molecular flexibility index (Phi) is 3.50. The van der Waals surface area contributed by atoms with Crippen LogP contribution in [0.2, 0.25) is 0 Å². The minimum absolute atomic E-state index is 0.000463. The molecule has 1 saturated heterocycles. The molecule has 2 atom stereocenters. The molecule has 0 aliphatic carbocycles. The maximum Gasteiger partial charge on any atom is 0.257 e. The van der Waals surface area contributed by atoms with Gasteiger partial charge >= 0.3 is 0 Å². The zero-order chi connectivity index (χ0) is 12.5. The van der Waals surface area contributed by atoms with Crippen molar-refractivity contribution in [3.8, 4) is 0 Å². The van der Waals surface area contributed by atoms with Crippen molar-refractivity contribution in [3.63, 3.8) is 0 Å². The van der Waals surface area contributed by atoms with Gasteiger partial charge in [-0.1, -0.05) is 6.92 Å². The molecular weight excluding hydrogens is 240 g/mol. The van der Waals surface area contributed by atoms with E-state index >= 15 is 0 Å². The van der Waals surface area contributed by atoms with Crippen LogP contribution in [0.5, 0.6) is 0 Å². The SMILES string of the molecule is CC1CN(C)CCC1NS(=O)(=O)c1cnc[nH]1. The number of rotatable bonds is 3. The maximum atomic E-state index is 12.0. The first-order valence-electron chi connectivity index (χ1n) is 5.68. The number of sulfonamides is 1. The van der Waals surface area contributed by atoms with Gasteiger partial charge in [0.05, 0.1) is 12.5 Å². The van der Waals surface area contributed by atoms with Crippen molar-refractivity contribution in [2.24, 2.45) is 5.92 Å². The summed E-state index contributed by atoms with van der Waals surface area (Å²) in [5.74, 6) is 0.312. The van der Waals surface area contributed by atoms with E-state index in [4.69, 9.17) is 0 Å². The first-order chi connectivity index (χ1) is 7.99. The van der Waals surface area contributed by atoms with Gasteiger partial charge in [0, 0.05) is 12.6 Å². The van der Waals surface area contributed by atoms with Crippen LogP contribution in [-0.4, -0.2) is 49.5 Å². The van der Waals surface area contributed by atoms with E-state index in [0.29, 0.717) is 5.92 Å². The molecule has 0 saturated carbocycles. The van der Waals surface area contributed by atoms with Gasteiger partial charge < -0.3 is 9.88 Å². The first-order valence-corrected chi connectivity index (χ1v) is 7.16. The summed E-state index contributed by atoms with van der Waals surface area (Å²) < 4.78 is 26.7. The van der Waals surface area contributed by atoms with Gasteiger partial charge in [0.1, 0.15) is 0 Å². The van der Waals surface area contributed by atoms with E-state index in [1.807, 2.05) is 0 Å². The molecule has 2 rings (SSSR count). The lowest BCUT2D eigenvalue weighted by molar-refractivity contribution is 0.188. The Morgan fingerprint density at radius 2 is 2.35 bits per heavy atom. The quantitative estimate of drug-likeness (QED) is 0.801. The summed E-state index contributed by atoms with van der Waals surface area (Å²) in [6.45, 7) is 3.90. The summed E-state index contributed by atoms with van der Waals surface area (Å²) in [5, 5.41) is 0.128. The molecule has 0 amide bonds. The minimum Gasteiger partial charge on any atom is -0.335 e. The van der Waals surface area contributed by atoms with Crippen LogP contribution in [0.4, 0.5) is 0 Å². The van der Waals surface area contributed by atoms with Crippen LogP contribution in [0.3, 0.4) is 0 Å². The molecule has 96 valence electrons. The number of piperidine rings is 1. The lowest BCUT2D eigenvalue weighted by atomic mass is 9.95. The third-order valence-corrected chi connectivity index (χ3v) is 4.59. The van der Waals surface area contributed by atoms with Crippen LogP contribution in [0.1, 0.15) is 13.3 Å². The average molecular weight is 258 g/mol. The van der Waals surface area contributed by atoms with Crippen molar-refractivity contribution in [3.05, 3.63) is 12.5 Å². The molecule has 6 nitrogen and oxygen atoms in total. The van der Waals surface area contributed by atoms with Gasteiger partial charge in [0.2, 0.25) is 0 Å². The molecule has 2 N–H and O–H groups in total. The van der Waals surface area contributed by atoms with Gasteiger partial charge in [-0.15, -0.1) is 0 Å². The second-order valence-corrected chi connectivity index (χ2v) is 6.35. The number of nitrogens with one attached hydrogen (secondary N) is 2. The van der Waals surface area contributed by atoms with Crippen LogP contribution >= 0.6 is 0 Å². The lowest BCUT2D eigenvalue weighted by Crippen LogP contribution is -2.48. The number of hydrogen-bond acceptors (Lipinski definition) is 4. The number of imidazole rings is 1. The highest BCUT2D eigenvalue weighted by Gasteiger charge is 2.29. The fourth-order valence-electron chi connectivity index (χ4n) is 2.18. The van der Waals surface area contributed by atoms with Crippen LogP contribution < -0.4 is 4.72 Å². The predicted octanol–water partition coefficient (Wildman–Crippen LogP) is 0.0282. The van der Waals surface area contributed by atoms with E-state index in [-0.39, 0.29) is 11.1 Å². The molecule has 1 aliphatic rings. The fourth-order valence-corrected chi connectivity index (χ4v) is 3.47. The number of likely N-dealkylation sites (tertiary alicyclic amines) is 1. The van der Waals surface area contributed by atoms with Crippen molar-refractivity contribution < 1.29 is 8.42 Å². The Balaban J connectivity index is 2.06. The Hall–Kier alpha value is -0.920. The van der Waals surface area contributed by atoms with Crippen LogP contribution in [0, 0.1) is 5.92 Å². The standard InChI is InChI=1S/C10H18N4O2S/c1-8-6-14(2)4-3-9(8)13-17(15,16)10-5-11-7-12-10/h5,7-9,13H,3-4,6H2,1-2H3,(H,11,12). The second-order valence-electron chi connectivity index (χ2n) is 4.67. The molecule has 17 heavy (non-hydrogen) atoms. The Morgan fingerprint density at radius 1 is 1.59 bits per heavy atom. The van der Waals surface area contributed by atoms with Gasteiger partial charge in [0.15, 0.2) is 5.03 Å². The molecule has 1 aromatic rings. The largest absolute Gasteiger partial charge is 0.335 e. The van der Waals surface area contributed by atoms with Crippen molar-refractivity contribution in [2.45, 2.75) is 24.4 Å². The summed E-state index contributed by atoms with van der Waals surface area (Å²) in [6, 6.07) is -0.000463. The molecule has 0 bridgehead atoms. The highest BCUT2D eigenvalue weighted by Crippen LogP contribution is 2.17. The third kappa shape index (κ3) is 2.85. The molecular formula is C10H18N4O2S. The lowest BCUT2D eigenvalue weighted by Gasteiger charge is -2.34. The van der Waals surface area contributed by atoms with E-state index in [2.05, 4.69) is 33.6 Å². The number of hydrogen-bond donors (Lipinski definition) is 2. The summed E-state index contributed by atoms with van der Waals surface area (Å²) >= 11 is 0. The first kappa shape index (κ1) is 12.5.